The van der Waals surface area contributed by atoms with E-state index in [4.69, 9.17) is 4.74 Å². The molecule has 0 spiro atoms. The first-order valence-electron chi connectivity index (χ1n) is 11.1. The van der Waals surface area contributed by atoms with Gasteiger partial charge < -0.3 is 20.3 Å². The second-order valence-electron chi connectivity index (χ2n) is 7.97. The highest BCUT2D eigenvalue weighted by molar-refractivity contribution is 5.96. The number of carbonyl (C=O) groups is 2. The second kappa shape index (κ2) is 12.6. The van der Waals surface area contributed by atoms with Crippen LogP contribution >= 0.6 is 0 Å². The maximum atomic E-state index is 12.7. The molecule has 0 aromatic heterocycles. The summed E-state index contributed by atoms with van der Waals surface area (Å²) in [6.45, 7) is 10.5. The molecule has 0 saturated carbocycles. The van der Waals surface area contributed by atoms with Crippen LogP contribution in [0.4, 0.5) is 11.4 Å². The van der Waals surface area contributed by atoms with Crippen molar-refractivity contribution in [3.63, 3.8) is 0 Å². The Kier molecular flexibility index (Phi) is 9.88. The summed E-state index contributed by atoms with van der Waals surface area (Å²) in [4.78, 5) is 26.9. The third-order valence-corrected chi connectivity index (χ3v) is 4.59. The average molecular weight is 426 g/mol. The van der Waals surface area contributed by atoms with Crippen molar-refractivity contribution in [1.82, 2.24) is 4.90 Å². The molecule has 0 saturated heterocycles. The standard InChI is InChI=1S/C25H35N3O3/c1-5-15-28(16-6-2)25(30)20-11-13-21(14-12-20)27-24(29)17-26-22-9-7-8-10-23(22)31-18-19(3)4/h7-14,19,26H,5-6,15-18H2,1-4H3,(H,27,29). The van der Waals surface area contributed by atoms with Gasteiger partial charge in [0.1, 0.15) is 5.75 Å². The normalized spacial score (nSPS) is 10.6. The molecular weight excluding hydrogens is 390 g/mol. The number of para-hydroxylation sites is 2. The van der Waals surface area contributed by atoms with Crippen LogP contribution in [0.2, 0.25) is 0 Å². The van der Waals surface area contributed by atoms with Gasteiger partial charge in [-0.3, -0.25) is 9.59 Å². The highest BCUT2D eigenvalue weighted by atomic mass is 16.5. The monoisotopic (exact) mass is 425 g/mol. The van der Waals surface area contributed by atoms with Crippen molar-refractivity contribution >= 4 is 23.2 Å². The predicted octanol–water partition coefficient (Wildman–Crippen LogP) is 5.03. The first-order valence-corrected chi connectivity index (χ1v) is 11.1. The molecule has 0 aliphatic carbocycles. The molecule has 2 aromatic carbocycles. The number of nitrogens with one attached hydrogen (secondary N) is 2. The zero-order chi connectivity index (χ0) is 22.6. The molecule has 0 fully saturated rings. The van der Waals surface area contributed by atoms with Crippen LogP contribution in [0.1, 0.15) is 50.9 Å². The van der Waals surface area contributed by atoms with Gasteiger partial charge in [0.25, 0.3) is 5.91 Å². The van der Waals surface area contributed by atoms with Crippen molar-refractivity contribution in [2.24, 2.45) is 5.92 Å². The van der Waals surface area contributed by atoms with Gasteiger partial charge in [0.2, 0.25) is 5.91 Å². The van der Waals surface area contributed by atoms with Crippen molar-refractivity contribution in [3.8, 4) is 5.75 Å². The summed E-state index contributed by atoms with van der Waals surface area (Å²) in [5, 5.41) is 5.99. The molecule has 0 aliphatic heterocycles. The summed E-state index contributed by atoms with van der Waals surface area (Å²) in [5.41, 5.74) is 2.07. The molecule has 0 atom stereocenters. The Morgan fingerprint density at radius 2 is 1.61 bits per heavy atom. The van der Waals surface area contributed by atoms with Crippen LogP contribution in [0.25, 0.3) is 0 Å². The number of hydrogen-bond acceptors (Lipinski definition) is 4. The van der Waals surface area contributed by atoms with Crippen LogP contribution in [0.3, 0.4) is 0 Å². The molecule has 6 heteroatoms. The van der Waals surface area contributed by atoms with Gasteiger partial charge in [-0.2, -0.15) is 0 Å². The molecule has 2 amide bonds. The van der Waals surface area contributed by atoms with Crippen LogP contribution < -0.4 is 15.4 Å². The van der Waals surface area contributed by atoms with Gasteiger partial charge in [0.05, 0.1) is 18.8 Å². The smallest absolute Gasteiger partial charge is 0.253 e. The van der Waals surface area contributed by atoms with Crippen LogP contribution in [-0.4, -0.2) is 43.0 Å². The fourth-order valence-electron chi connectivity index (χ4n) is 3.11. The van der Waals surface area contributed by atoms with Crippen molar-refractivity contribution in [1.29, 1.82) is 0 Å². The van der Waals surface area contributed by atoms with E-state index in [9.17, 15) is 9.59 Å². The topological polar surface area (TPSA) is 70.7 Å². The Labute approximate surface area is 186 Å². The number of anilines is 2. The summed E-state index contributed by atoms with van der Waals surface area (Å²) in [6.07, 6.45) is 1.86. The van der Waals surface area contributed by atoms with E-state index in [1.165, 1.54) is 0 Å². The first-order chi connectivity index (χ1) is 14.9. The lowest BCUT2D eigenvalue weighted by Gasteiger charge is -2.21. The molecule has 2 rings (SSSR count). The lowest BCUT2D eigenvalue weighted by atomic mass is 10.1. The Morgan fingerprint density at radius 1 is 0.968 bits per heavy atom. The minimum Gasteiger partial charge on any atom is -0.491 e. The maximum absolute atomic E-state index is 12.7. The molecule has 0 heterocycles. The molecule has 31 heavy (non-hydrogen) atoms. The fraction of sp³-hybridized carbons (Fsp3) is 0.440. The molecule has 2 aromatic rings. The summed E-state index contributed by atoms with van der Waals surface area (Å²) >= 11 is 0. The van der Waals surface area contributed by atoms with Crippen molar-refractivity contribution < 1.29 is 14.3 Å². The number of benzene rings is 2. The number of carbonyl (C=O) groups excluding carboxylic acids is 2. The van der Waals surface area contributed by atoms with E-state index in [-0.39, 0.29) is 18.4 Å². The molecule has 6 nitrogen and oxygen atoms in total. The van der Waals surface area contributed by atoms with Crippen LogP contribution in [0.5, 0.6) is 5.75 Å². The van der Waals surface area contributed by atoms with E-state index in [1.54, 1.807) is 24.3 Å². The minimum absolute atomic E-state index is 0.0289. The molecular formula is C25H35N3O3. The van der Waals surface area contributed by atoms with Gasteiger partial charge in [0, 0.05) is 24.3 Å². The molecule has 2 N–H and O–H groups in total. The van der Waals surface area contributed by atoms with E-state index in [1.807, 2.05) is 29.2 Å². The van der Waals surface area contributed by atoms with E-state index >= 15 is 0 Å². The van der Waals surface area contributed by atoms with E-state index in [0.29, 0.717) is 23.8 Å². The molecule has 0 radical (unpaired) electrons. The quantitative estimate of drug-likeness (QED) is 0.500. The Morgan fingerprint density at radius 3 is 2.23 bits per heavy atom. The number of nitrogens with zero attached hydrogens (tertiary/aromatic N) is 1. The van der Waals surface area contributed by atoms with E-state index < -0.39 is 0 Å². The lowest BCUT2D eigenvalue weighted by molar-refractivity contribution is -0.114. The molecule has 0 unspecified atom stereocenters. The second-order valence-corrected chi connectivity index (χ2v) is 7.97. The van der Waals surface area contributed by atoms with Crippen molar-refractivity contribution in [2.75, 3.05) is 36.9 Å². The van der Waals surface area contributed by atoms with Gasteiger partial charge >= 0.3 is 0 Å². The number of hydrogen-bond donors (Lipinski definition) is 2. The summed E-state index contributed by atoms with van der Waals surface area (Å²) in [5.74, 6) is 1.01. The molecule has 0 bridgehead atoms. The average Bonchev–Trinajstić information content (AvgIpc) is 2.76. The van der Waals surface area contributed by atoms with Crippen LogP contribution in [0, 0.1) is 5.92 Å². The van der Waals surface area contributed by atoms with Gasteiger partial charge in [-0.1, -0.05) is 39.8 Å². The van der Waals surface area contributed by atoms with Gasteiger partial charge in [0.15, 0.2) is 0 Å². The molecule has 0 aliphatic rings. The molecule has 168 valence electrons. The Balaban J connectivity index is 1.91. The first kappa shape index (κ1) is 24.3. The van der Waals surface area contributed by atoms with Gasteiger partial charge in [-0.25, -0.2) is 0 Å². The Hall–Kier alpha value is -3.02. The SMILES string of the molecule is CCCN(CCC)C(=O)c1ccc(NC(=O)CNc2ccccc2OCC(C)C)cc1. The van der Waals surface area contributed by atoms with Crippen LogP contribution in [-0.2, 0) is 4.79 Å². The summed E-state index contributed by atoms with van der Waals surface area (Å²) in [7, 11) is 0. The van der Waals surface area contributed by atoms with Crippen molar-refractivity contribution in [2.45, 2.75) is 40.5 Å². The minimum atomic E-state index is -0.170. The van der Waals surface area contributed by atoms with Gasteiger partial charge in [-0.05, 0) is 55.2 Å². The third kappa shape index (κ3) is 7.96. The van der Waals surface area contributed by atoms with E-state index in [2.05, 4.69) is 38.3 Å². The number of ether oxygens (including phenoxy) is 1. The van der Waals surface area contributed by atoms with Crippen LogP contribution in [0.15, 0.2) is 48.5 Å². The number of amides is 2. The maximum Gasteiger partial charge on any atom is 0.253 e. The zero-order valence-corrected chi connectivity index (χ0v) is 19.1. The summed E-state index contributed by atoms with van der Waals surface area (Å²) < 4.78 is 5.81. The zero-order valence-electron chi connectivity index (χ0n) is 19.1. The lowest BCUT2D eigenvalue weighted by Crippen LogP contribution is -2.32. The Bertz CT molecular complexity index is 828. The largest absolute Gasteiger partial charge is 0.491 e. The van der Waals surface area contributed by atoms with E-state index in [0.717, 1.165) is 37.4 Å². The van der Waals surface area contributed by atoms with Crippen molar-refractivity contribution in [3.05, 3.63) is 54.1 Å². The highest BCUT2D eigenvalue weighted by Gasteiger charge is 2.14. The third-order valence-electron chi connectivity index (χ3n) is 4.59. The fourth-order valence-corrected chi connectivity index (χ4v) is 3.11. The summed E-state index contributed by atoms with van der Waals surface area (Å²) in [6, 6.07) is 14.6. The predicted molar refractivity (Wildman–Crippen MR) is 127 cm³/mol. The highest BCUT2D eigenvalue weighted by Crippen LogP contribution is 2.24. The number of rotatable bonds is 12. The van der Waals surface area contributed by atoms with Gasteiger partial charge in [-0.15, -0.1) is 0 Å².